The third kappa shape index (κ3) is 2.62. The molecule has 0 amide bonds. The summed E-state index contributed by atoms with van der Waals surface area (Å²) < 4.78 is 11.2. The van der Waals surface area contributed by atoms with Gasteiger partial charge < -0.3 is 9.15 Å². The van der Waals surface area contributed by atoms with E-state index < -0.39 is 0 Å². The quantitative estimate of drug-likeness (QED) is 0.649. The minimum absolute atomic E-state index is 0.314. The van der Waals surface area contributed by atoms with Crippen LogP contribution >= 0.6 is 0 Å². The van der Waals surface area contributed by atoms with E-state index in [9.17, 15) is 4.79 Å². The van der Waals surface area contributed by atoms with Crippen molar-refractivity contribution >= 4 is 6.29 Å². The summed E-state index contributed by atoms with van der Waals surface area (Å²) in [5.74, 6) is 2.45. The van der Waals surface area contributed by atoms with E-state index in [1.807, 2.05) is 54.6 Å². The van der Waals surface area contributed by atoms with Crippen LogP contribution in [0.4, 0.5) is 0 Å². The second-order valence-corrected chi connectivity index (χ2v) is 4.26. The van der Waals surface area contributed by atoms with Gasteiger partial charge in [-0.25, -0.2) is 0 Å². The smallest absolute Gasteiger partial charge is 0.185 e. The highest BCUT2D eigenvalue weighted by molar-refractivity contribution is 5.73. The predicted molar refractivity (Wildman–Crippen MR) is 76.0 cm³/mol. The first kappa shape index (κ1) is 12.2. The van der Waals surface area contributed by atoms with Gasteiger partial charge in [-0.2, -0.15) is 0 Å². The molecule has 3 aromatic rings. The lowest BCUT2D eigenvalue weighted by Gasteiger charge is -2.06. The number of benzene rings is 2. The SMILES string of the molecule is O=Cc1ccc(-c2cccc(Oc3ccccc3)c2)o1. The van der Waals surface area contributed by atoms with E-state index in [0.29, 0.717) is 17.8 Å². The van der Waals surface area contributed by atoms with Crippen LogP contribution in [0.5, 0.6) is 11.5 Å². The first-order valence-corrected chi connectivity index (χ1v) is 6.23. The topological polar surface area (TPSA) is 39.4 Å². The molecule has 3 rings (SSSR count). The molecule has 0 radical (unpaired) electrons. The van der Waals surface area contributed by atoms with E-state index in [2.05, 4.69) is 0 Å². The largest absolute Gasteiger partial charge is 0.457 e. The molecule has 0 aliphatic rings. The van der Waals surface area contributed by atoms with Gasteiger partial charge in [0, 0.05) is 5.56 Å². The van der Waals surface area contributed by atoms with E-state index in [1.54, 1.807) is 12.1 Å². The highest BCUT2D eigenvalue weighted by Gasteiger charge is 2.05. The van der Waals surface area contributed by atoms with Crippen molar-refractivity contribution in [3.63, 3.8) is 0 Å². The Bertz CT molecular complexity index is 714. The number of carbonyl (C=O) groups excluding carboxylic acids is 1. The van der Waals surface area contributed by atoms with E-state index in [-0.39, 0.29) is 0 Å². The molecule has 0 aliphatic carbocycles. The molecule has 0 saturated heterocycles. The minimum Gasteiger partial charge on any atom is -0.457 e. The minimum atomic E-state index is 0.314. The van der Waals surface area contributed by atoms with Gasteiger partial charge in [0.25, 0.3) is 0 Å². The van der Waals surface area contributed by atoms with Crippen molar-refractivity contribution in [1.82, 2.24) is 0 Å². The second kappa shape index (κ2) is 5.45. The van der Waals surface area contributed by atoms with E-state index in [4.69, 9.17) is 9.15 Å². The van der Waals surface area contributed by atoms with E-state index in [1.165, 1.54) is 0 Å². The highest BCUT2D eigenvalue weighted by atomic mass is 16.5. The normalized spacial score (nSPS) is 10.2. The molecule has 2 aromatic carbocycles. The van der Waals surface area contributed by atoms with Gasteiger partial charge in [-0.05, 0) is 36.4 Å². The lowest BCUT2D eigenvalue weighted by Crippen LogP contribution is -1.84. The molecule has 3 heteroatoms. The third-order valence-corrected chi connectivity index (χ3v) is 2.84. The van der Waals surface area contributed by atoms with Crippen molar-refractivity contribution in [2.24, 2.45) is 0 Å². The van der Waals surface area contributed by atoms with Crippen molar-refractivity contribution < 1.29 is 13.9 Å². The number of rotatable bonds is 4. The maximum absolute atomic E-state index is 10.6. The Balaban J connectivity index is 1.87. The summed E-state index contributed by atoms with van der Waals surface area (Å²) in [6.45, 7) is 0. The molecule has 20 heavy (non-hydrogen) atoms. The zero-order chi connectivity index (χ0) is 13.8. The maximum Gasteiger partial charge on any atom is 0.185 e. The van der Waals surface area contributed by atoms with Gasteiger partial charge in [-0.1, -0.05) is 30.3 Å². The monoisotopic (exact) mass is 264 g/mol. The molecular formula is C17H12O3. The van der Waals surface area contributed by atoms with Gasteiger partial charge in [0.2, 0.25) is 0 Å². The number of ether oxygens (including phenoxy) is 1. The maximum atomic E-state index is 10.6. The summed E-state index contributed by atoms with van der Waals surface area (Å²) in [7, 11) is 0. The highest BCUT2D eigenvalue weighted by Crippen LogP contribution is 2.28. The Labute approximate surface area is 116 Å². The molecule has 0 atom stereocenters. The van der Waals surface area contributed by atoms with Crippen LogP contribution in [0.3, 0.4) is 0 Å². The van der Waals surface area contributed by atoms with Crippen molar-refractivity contribution in [3.8, 4) is 22.8 Å². The van der Waals surface area contributed by atoms with Crippen molar-refractivity contribution in [2.45, 2.75) is 0 Å². The summed E-state index contributed by atoms with van der Waals surface area (Å²) in [4.78, 5) is 10.6. The fourth-order valence-electron chi connectivity index (χ4n) is 1.91. The first-order chi connectivity index (χ1) is 9.85. The van der Waals surface area contributed by atoms with Gasteiger partial charge >= 0.3 is 0 Å². The number of carbonyl (C=O) groups is 1. The summed E-state index contributed by atoms with van der Waals surface area (Å²) in [6, 6.07) is 20.5. The molecule has 1 heterocycles. The molecule has 0 N–H and O–H groups in total. The summed E-state index contributed by atoms with van der Waals surface area (Å²) >= 11 is 0. The lowest BCUT2D eigenvalue weighted by atomic mass is 10.1. The van der Waals surface area contributed by atoms with Crippen molar-refractivity contribution in [3.05, 3.63) is 72.5 Å². The Kier molecular flexibility index (Phi) is 3.33. The second-order valence-electron chi connectivity index (χ2n) is 4.26. The van der Waals surface area contributed by atoms with Crippen LogP contribution in [-0.4, -0.2) is 6.29 Å². The molecule has 0 aliphatic heterocycles. The summed E-state index contributed by atoms with van der Waals surface area (Å²) in [6.07, 6.45) is 0.688. The molecule has 0 fully saturated rings. The molecule has 0 unspecified atom stereocenters. The molecular weight excluding hydrogens is 252 g/mol. The Morgan fingerprint density at radius 1 is 0.850 bits per heavy atom. The third-order valence-electron chi connectivity index (χ3n) is 2.84. The molecule has 1 aromatic heterocycles. The fourth-order valence-corrected chi connectivity index (χ4v) is 1.91. The van der Waals surface area contributed by atoms with Crippen LogP contribution in [0, 0.1) is 0 Å². The Morgan fingerprint density at radius 3 is 2.40 bits per heavy atom. The van der Waals surface area contributed by atoms with E-state index in [0.717, 1.165) is 17.1 Å². The summed E-state index contributed by atoms with van der Waals surface area (Å²) in [5.41, 5.74) is 0.867. The molecule has 0 bridgehead atoms. The van der Waals surface area contributed by atoms with Crippen molar-refractivity contribution in [1.29, 1.82) is 0 Å². The zero-order valence-electron chi connectivity index (χ0n) is 10.7. The number of hydrogen-bond donors (Lipinski definition) is 0. The number of furan rings is 1. The molecule has 0 spiro atoms. The fraction of sp³-hybridized carbons (Fsp3) is 0. The first-order valence-electron chi connectivity index (χ1n) is 6.23. The Morgan fingerprint density at radius 2 is 1.65 bits per heavy atom. The average molecular weight is 264 g/mol. The van der Waals surface area contributed by atoms with Crippen LogP contribution in [0.15, 0.2) is 71.1 Å². The van der Waals surface area contributed by atoms with Crippen LogP contribution in [-0.2, 0) is 0 Å². The molecule has 3 nitrogen and oxygen atoms in total. The van der Waals surface area contributed by atoms with Crippen LogP contribution in [0.1, 0.15) is 10.6 Å². The van der Waals surface area contributed by atoms with Gasteiger partial charge in [0.15, 0.2) is 12.0 Å². The lowest BCUT2D eigenvalue weighted by molar-refractivity contribution is 0.110. The van der Waals surface area contributed by atoms with Crippen molar-refractivity contribution in [2.75, 3.05) is 0 Å². The number of aldehydes is 1. The van der Waals surface area contributed by atoms with Gasteiger partial charge in [0.05, 0.1) is 0 Å². The van der Waals surface area contributed by atoms with Gasteiger partial charge in [-0.3, -0.25) is 4.79 Å². The summed E-state index contributed by atoms with van der Waals surface area (Å²) in [5, 5.41) is 0. The van der Waals surface area contributed by atoms with E-state index >= 15 is 0 Å². The van der Waals surface area contributed by atoms with Crippen LogP contribution in [0.2, 0.25) is 0 Å². The predicted octanol–water partition coefficient (Wildman–Crippen LogP) is 4.55. The molecule has 98 valence electrons. The van der Waals surface area contributed by atoms with Gasteiger partial charge in [-0.15, -0.1) is 0 Å². The molecule has 0 saturated carbocycles. The van der Waals surface area contributed by atoms with Crippen LogP contribution < -0.4 is 4.74 Å². The Hall–Kier alpha value is -2.81. The van der Waals surface area contributed by atoms with Gasteiger partial charge in [0.1, 0.15) is 17.3 Å². The number of hydrogen-bond acceptors (Lipinski definition) is 3. The zero-order valence-corrected chi connectivity index (χ0v) is 10.7. The number of para-hydroxylation sites is 1. The standard InChI is InChI=1S/C17H12O3/c18-12-16-9-10-17(20-16)13-5-4-8-15(11-13)19-14-6-2-1-3-7-14/h1-12H. The average Bonchev–Trinajstić information content (AvgIpc) is 2.98. The van der Waals surface area contributed by atoms with Crippen LogP contribution in [0.25, 0.3) is 11.3 Å².